The third kappa shape index (κ3) is 4.38. The topological polar surface area (TPSA) is 118 Å². The number of aliphatic hydroxyl groups excluding tert-OH is 5. The molecule has 0 heterocycles. The molecule has 1 aromatic rings. The average molecular weight is 270 g/mol. The molecule has 5 N–H and O–H groups in total. The summed E-state index contributed by atoms with van der Waals surface area (Å²) in [6.07, 6.45) is -8.37. The summed E-state index contributed by atoms with van der Waals surface area (Å²) in [5.74, 6) is 0. The number of rotatable bonds is 7. The maximum absolute atomic E-state index is 10.3. The molecule has 0 spiro atoms. The van der Waals surface area contributed by atoms with Gasteiger partial charge in [0.15, 0.2) is 6.29 Å². The highest BCUT2D eigenvalue weighted by Crippen LogP contribution is 2.12. The molecule has 1 rings (SSSR count). The second kappa shape index (κ2) is 7.32. The van der Waals surface area contributed by atoms with Crippen LogP contribution in [0.15, 0.2) is 30.3 Å². The second-order valence-corrected chi connectivity index (χ2v) is 4.36. The Kier molecular flexibility index (Phi) is 6.07. The number of aldehydes is 1. The van der Waals surface area contributed by atoms with Crippen molar-refractivity contribution in [3.05, 3.63) is 35.9 Å². The molecule has 0 amide bonds. The van der Waals surface area contributed by atoms with Gasteiger partial charge in [-0.3, -0.25) is 0 Å². The number of hydrogen-bond donors (Lipinski definition) is 5. The lowest BCUT2D eigenvalue weighted by Crippen LogP contribution is -2.49. The number of benzene rings is 1. The van der Waals surface area contributed by atoms with Gasteiger partial charge in [0.25, 0.3) is 0 Å². The van der Waals surface area contributed by atoms with Crippen LogP contribution in [0.5, 0.6) is 0 Å². The van der Waals surface area contributed by atoms with E-state index in [1.807, 2.05) is 0 Å². The van der Waals surface area contributed by atoms with Crippen molar-refractivity contribution in [2.45, 2.75) is 36.9 Å². The molecule has 0 radical (unpaired) electrons. The van der Waals surface area contributed by atoms with Gasteiger partial charge in [-0.2, -0.15) is 0 Å². The molecule has 5 atom stereocenters. The van der Waals surface area contributed by atoms with Crippen LogP contribution in [-0.4, -0.2) is 62.3 Å². The zero-order chi connectivity index (χ0) is 14.4. The Morgan fingerprint density at radius 2 is 1.47 bits per heavy atom. The van der Waals surface area contributed by atoms with Crippen LogP contribution in [0, 0.1) is 0 Å². The van der Waals surface area contributed by atoms with Crippen molar-refractivity contribution in [3.8, 4) is 0 Å². The summed E-state index contributed by atoms with van der Waals surface area (Å²) < 4.78 is 0. The lowest BCUT2D eigenvalue weighted by atomic mass is 9.96. The van der Waals surface area contributed by atoms with Crippen molar-refractivity contribution in [1.82, 2.24) is 0 Å². The van der Waals surface area contributed by atoms with Crippen LogP contribution in [0.3, 0.4) is 0 Å². The van der Waals surface area contributed by atoms with Gasteiger partial charge in [0, 0.05) is 6.42 Å². The Morgan fingerprint density at radius 3 is 2.00 bits per heavy atom. The normalized spacial score (nSPS) is 19.2. The largest absolute Gasteiger partial charge is 0.390 e. The molecule has 5 unspecified atom stereocenters. The summed E-state index contributed by atoms with van der Waals surface area (Å²) >= 11 is 0. The Balaban J connectivity index is 2.61. The molecule has 19 heavy (non-hydrogen) atoms. The van der Waals surface area contributed by atoms with Gasteiger partial charge in [0.1, 0.15) is 24.4 Å². The molecule has 1 aromatic carbocycles. The maximum atomic E-state index is 10.3. The summed E-state index contributed by atoms with van der Waals surface area (Å²) in [4.78, 5) is 10.3. The molecular formula is C13H18O6. The van der Waals surface area contributed by atoms with E-state index in [9.17, 15) is 25.2 Å². The lowest BCUT2D eigenvalue weighted by molar-refractivity contribution is -0.144. The van der Waals surface area contributed by atoms with Crippen molar-refractivity contribution in [3.63, 3.8) is 0 Å². The van der Waals surface area contributed by atoms with E-state index in [-0.39, 0.29) is 12.7 Å². The Hall–Kier alpha value is -1.31. The molecule has 0 fully saturated rings. The average Bonchev–Trinajstić information content (AvgIpc) is 2.44. The zero-order valence-electron chi connectivity index (χ0n) is 10.2. The van der Waals surface area contributed by atoms with Crippen LogP contribution in [0.25, 0.3) is 0 Å². The van der Waals surface area contributed by atoms with Crippen LogP contribution in [0.4, 0.5) is 0 Å². The van der Waals surface area contributed by atoms with Crippen molar-refractivity contribution in [2.24, 2.45) is 0 Å². The number of hydrogen-bond acceptors (Lipinski definition) is 6. The summed E-state index contributed by atoms with van der Waals surface area (Å²) in [6.45, 7) is 0. The number of carbonyl (C=O) groups excluding carboxylic acids is 1. The van der Waals surface area contributed by atoms with Gasteiger partial charge in [-0.1, -0.05) is 30.3 Å². The van der Waals surface area contributed by atoms with Crippen LogP contribution in [-0.2, 0) is 11.2 Å². The summed E-state index contributed by atoms with van der Waals surface area (Å²) in [5, 5.41) is 47.4. The molecule has 6 nitrogen and oxygen atoms in total. The van der Waals surface area contributed by atoms with E-state index in [4.69, 9.17) is 5.11 Å². The quantitative estimate of drug-likeness (QED) is 0.374. The fourth-order valence-electron chi connectivity index (χ4n) is 1.69. The molecule has 0 aliphatic rings. The van der Waals surface area contributed by atoms with Gasteiger partial charge in [-0.25, -0.2) is 0 Å². The van der Waals surface area contributed by atoms with Crippen LogP contribution in [0.1, 0.15) is 5.56 Å². The third-order valence-electron chi connectivity index (χ3n) is 2.87. The van der Waals surface area contributed by atoms with Crippen LogP contribution < -0.4 is 0 Å². The van der Waals surface area contributed by atoms with Gasteiger partial charge in [-0.05, 0) is 5.56 Å². The summed E-state index contributed by atoms with van der Waals surface area (Å²) in [6, 6.07) is 8.79. The summed E-state index contributed by atoms with van der Waals surface area (Å²) in [5.41, 5.74) is 0.742. The third-order valence-corrected chi connectivity index (χ3v) is 2.87. The molecule has 6 heteroatoms. The number of aliphatic hydroxyl groups is 5. The first-order valence-corrected chi connectivity index (χ1v) is 5.87. The summed E-state index contributed by atoms with van der Waals surface area (Å²) in [7, 11) is 0. The molecule has 106 valence electrons. The molecule has 0 saturated heterocycles. The Morgan fingerprint density at radius 1 is 0.895 bits per heavy atom. The second-order valence-electron chi connectivity index (χ2n) is 4.36. The van der Waals surface area contributed by atoms with Gasteiger partial charge >= 0.3 is 0 Å². The lowest BCUT2D eigenvalue weighted by Gasteiger charge is -2.27. The van der Waals surface area contributed by atoms with Crippen LogP contribution >= 0.6 is 0 Å². The maximum Gasteiger partial charge on any atom is 0.151 e. The highest BCUT2D eigenvalue weighted by atomic mass is 16.4. The minimum Gasteiger partial charge on any atom is -0.390 e. The monoisotopic (exact) mass is 270 g/mol. The first-order chi connectivity index (χ1) is 8.97. The predicted molar refractivity (Wildman–Crippen MR) is 66.2 cm³/mol. The van der Waals surface area contributed by atoms with Crippen molar-refractivity contribution in [2.75, 3.05) is 0 Å². The Bertz CT molecular complexity index is 382. The number of carbonyl (C=O) groups is 1. The smallest absolute Gasteiger partial charge is 0.151 e. The van der Waals surface area contributed by atoms with E-state index in [0.29, 0.717) is 0 Å². The fraction of sp³-hybridized carbons (Fsp3) is 0.462. The van der Waals surface area contributed by atoms with E-state index in [1.54, 1.807) is 30.3 Å². The van der Waals surface area contributed by atoms with E-state index in [1.165, 1.54) is 0 Å². The van der Waals surface area contributed by atoms with Crippen molar-refractivity contribution in [1.29, 1.82) is 0 Å². The highest BCUT2D eigenvalue weighted by molar-refractivity contribution is 5.56. The molecule has 0 aromatic heterocycles. The van der Waals surface area contributed by atoms with Gasteiger partial charge in [0.2, 0.25) is 0 Å². The van der Waals surface area contributed by atoms with Gasteiger partial charge in [0.05, 0.1) is 6.10 Å². The van der Waals surface area contributed by atoms with Crippen molar-refractivity contribution >= 4 is 6.29 Å². The first-order valence-electron chi connectivity index (χ1n) is 5.87. The molecule has 0 bridgehead atoms. The fourth-order valence-corrected chi connectivity index (χ4v) is 1.69. The van der Waals surface area contributed by atoms with E-state index in [2.05, 4.69) is 0 Å². The minimum absolute atomic E-state index is 0.0458. The minimum atomic E-state index is -1.85. The standard InChI is InChI=1S/C13H18O6/c14-7-10(16)12(18)13(19)11(17)9(15)6-8-4-2-1-3-5-8/h1-5,7,9-13,15-19H,6H2. The van der Waals surface area contributed by atoms with E-state index < -0.39 is 30.5 Å². The van der Waals surface area contributed by atoms with Gasteiger partial charge in [-0.15, -0.1) is 0 Å². The SMILES string of the molecule is O=CC(O)C(O)C(O)C(O)C(O)Cc1ccccc1. The molecule has 0 aliphatic heterocycles. The Labute approximate surface area is 110 Å². The predicted octanol–water partition coefficient (Wildman–Crippen LogP) is -1.77. The highest BCUT2D eigenvalue weighted by Gasteiger charge is 2.34. The van der Waals surface area contributed by atoms with Crippen LogP contribution in [0.2, 0.25) is 0 Å². The molecule has 0 saturated carbocycles. The first kappa shape index (κ1) is 15.7. The molecular weight excluding hydrogens is 252 g/mol. The van der Waals surface area contributed by atoms with Gasteiger partial charge < -0.3 is 30.3 Å². The van der Waals surface area contributed by atoms with E-state index in [0.717, 1.165) is 5.56 Å². The van der Waals surface area contributed by atoms with Crippen molar-refractivity contribution < 1.29 is 30.3 Å². The zero-order valence-corrected chi connectivity index (χ0v) is 10.2. The van der Waals surface area contributed by atoms with E-state index >= 15 is 0 Å². The molecule has 0 aliphatic carbocycles.